The Balaban J connectivity index is 3.36. The van der Waals surface area contributed by atoms with Crippen molar-refractivity contribution in [3.63, 3.8) is 0 Å². The van der Waals surface area contributed by atoms with E-state index in [2.05, 4.69) is 36.8 Å². The molecule has 0 aromatic carbocycles. The fourth-order valence-corrected chi connectivity index (χ4v) is 2.61. The molecule has 0 fully saturated rings. The first-order valence-corrected chi connectivity index (χ1v) is 5.90. The fraction of sp³-hybridized carbons (Fsp3) is 0.333. The zero-order chi connectivity index (χ0) is 11.4. The van der Waals surface area contributed by atoms with Crippen LogP contribution in [0.2, 0.25) is 0 Å². The normalized spacial score (nSPS) is 10.4. The number of hydrogen-bond acceptors (Lipinski definition) is 2. The van der Waals surface area contributed by atoms with Crippen LogP contribution in [0.5, 0.6) is 0 Å². The van der Waals surface area contributed by atoms with Crippen molar-refractivity contribution in [2.24, 2.45) is 0 Å². The number of hydrogen-bond donors (Lipinski definition) is 0. The zero-order valence-corrected chi connectivity index (χ0v) is 10.6. The quantitative estimate of drug-likeness (QED) is 0.621. The topological polar surface area (TPSA) is 36.7 Å². The summed E-state index contributed by atoms with van der Waals surface area (Å²) in [5.41, 5.74) is 0.582. The Morgan fingerprint density at radius 3 is 2.67 bits per heavy atom. The summed E-state index contributed by atoms with van der Waals surface area (Å²) >= 11 is 6.23. The minimum absolute atomic E-state index is 0.0556. The summed E-state index contributed by atoms with van der Waals surface area (Å²) in [5.74, 6) is 0. The molecule has 0 unspecified atom stereocenters. The van der Waals surface area contributed by atoms with Gasteiger partial charge >= 0.3 is 0 Å². The molecule has 15 heavy (non-hydrogen) atoms. The van der Waals surface area contributed by atoms with Gasteiger partial charge in [0.25, 0.3) is 6.43 Å². The van der Waals surface area contributed by atoms with E-state index in [1.165, 1.54) is 6.20 Å². The molecule has 1 heterocycles. The summed E-state index contributed by atoms with van der Waals surface area (Å²) in [4.78, 5) is 3.91. The van der Waals surface area contributed by atoms with Gasteiger partial charge in [0.05, 0.1) is 12.5 Å². The van der Waals surface area contributed by atoms with Gasteiger partial charge in [-0.25, -0.2) is 13.8 Å². The van der Waals surface area contributed by atoms with Gasteiger partial charge in [-0.2, -0.15) is 5.26 Å². The highest BCUT2D eigenvalue weighted by molar-refractivity contribution is 9.10. The average Bonchev–Trinajstić information content (AvgIpc) is 2.20. The van der Waals surface area contributed by atoms with E-state index in [4.69, 9.17) is 5.26 Å². The summed E-state index contributed by atoms with van der Waals surface area (Å²) in [6, 6.07) is 1.85. The summed E-state index contributed by atoms with van der Waals surface area (Å²) < 4.78 is 26.0. The average molecular weight is 340 g/mol. The van der Waals surface area contributed by atoms with E-state index in [0.29, 0.717) is 10.2 Å². The molecule has 1 aromatic rings. The van der Waals surface area contributed by atoms with Crippen LogP contribution < -0.4 is 0 Å². The summed E-state index contributed by atoms with van der Waals surface area (Å²) in [7, 11) is 0. The Morgan fingerprint density at radius 1 is 1.53 bits per heavy atom. The third kappa shape index (κ3) is 2.73. The second kappa shape index (κ2) is 5.52. The number of rotatable bonds is 3. The van der Waals surface area contributed by atoms with Crippen LogP contribution in [0.15, 0.2) is 10.8 Å². The Kier molecular flexibility index (Phi) is 4.61. The van der Waals surface area contributed by atoms with E-state index >= 15 is 0 Å². The minimum atomic E-state index is -2.60. The third-order valence-corrected chi connectivity index (χ3v) is 3.12. The summed E-state index contributed by atoms with van der Waals surface area (Å²) in [6.07, 6.45) is -1.35. The summed E-state index contributed by atoms with van der Waals surface area (Å²) in [5, 5.41) is 8.79. The van der Waals surface area contributed by atoms with Gasteiger partial charge < -0.3 is 0 Å². The van der Waals surface area contributed by atoms with E-state index in [0.717, 1.165) is 0 Å². The molecule has 0 bridgehead atoms. The standard InChI is InChI=1S/C9H6Br2F2N2/c10-3-6-7(9(12)13)5(1-2-14)4-15-8(6)11/h4,9H,1,3H2. The Hall–Kier alpha value is -0.540. The molecule has 0 saturated heterocycles. The molecule has 0 N–H and O–H groups in total. The highest BCUT2D eigenvalue weighted by atomic mass is 79.9. The molecule has 0 saturated carbocycles. The lowest BCUT2D eigenvalue weighted by atomic mass is 10.0. The van der Waals surface area contributed by atoms with Gasteiger partial charge in [0, 0.05) is 22.7 Å². The molecule has 0 aliphatic carbocycles. The van der Waals surface area contributed by atoms with Crippen LogP contribution in [0.4, 0.5) is 8.78 Å². The highest BCUT2D eigenvalue weighted by Gasteiger charge is 2.20. The van der Waals surface area contributed by atoms with Crippen LogP contribution in [0, 0.1) is 11.3 Å². The van der Waals surface area contributed by atoms with E-state index in [9.17, 15) is 8.78 Å². The van der Waals surface area contributed by atoms with Gasteiger partial charge in [-0.1, -0.05) is 15.9 Å². The number of pyridine rings is 1. The molecule has 6 heteroatoms. The lowest BCUT2D eigenvalue weighted by Gasteiger charge is -2.11. The Bertz CT molecular complexity index is 402. The van der Waals surface area contributed by atoms with Gasteiger partial charge in [-0.3, -0.25) is 0 Å². The molecule has 1 aromatic heterocycles. The second-order valence-corrected chi connectivity index (χ2v) is 4.05. The van der Waals surface area contributed by atoms with Crippen molar-refractivity contribution in [2.45, 2.75) is 18.2 Å². The van der Waals surface area contributed by atoms with E-state index in [1.807, 2.05) is 6.07 Å². The number of halogens is 4. The maximum absolute atomic E-state index is 12.8. The van der Waals surface area contributed by atoms with Gasteiger partial charge in [-0.05, 0) is 21.5 Å². The van der Waals surface area contributed by atoms with Crippen LogP contribution in [0.25, 0.3) is 0 Å². The predicted molar refractivity (Wildman–Crippen MR) is 58.8 cm³/mol. The SMILES string of the molecule is N#CCc1cnc(Br)c(CBr)c1C(F)F. The van der Waals surface area contributed by atoms with Crippen molar-refractivity contribution >= 4 is 31.9 Å². The van der Waals surface area contributed by atoms with E-state index < -0.39 is 6.43 Å². The van der Waals surface area contributed by atoms with Gasteiger partial charge in [0.2, 0.25) is 0 Å². The van der Waals surface area contributed by atoms with Crippen LogP contribution >= 0.6 is 31.9 Å². The van der Waals surface area contributed by atoms with Gasteiger partial charge in [0.1, 0.15) is 4.60 Å². The maximum atomic E-state index is 12.8. The zero-order valence-electron chi connectivity index (χ0n) is 7.48. The molecule has 0 amide bonds. The van der Waals surface area contributed by atoms with Crippen molar-refractivity contribution in [2.75, 3.05) is 0 Å². The molecule has 0 aliphatic heterocycles. The van der Waals surface area contributed by atoms with E-state index in [1.54, 1.807) is 0 Å². The predicted octanol–water partition coefficient (Wildman–Crippen LogP) is 3.74. The number of nitriles is 1. The number of alkyl halides is 3. The highest BCUT2D eigenvalue weighted by Crippen LogP contribution is 2.32. The number of nitrogens with zero attached hydrogens (tertiary/aromatic N) is 2. The van der Waals surface area contributed by atoms with Gasteiger partial charge in [-0.15, -0.1) is 0 Å². The maximum Gasteiger partial charge on any atom is 0.264 e. The first-order chi connectivity index (χ1) is 7.11. The van der Waals surface area contributed by atoms with E-state index in [-0.39, 0.29) is 22.9 Å². The molecule has 0 aliphatic rings. The lowest BCUT2D eigenvalue weighted by Crippen LogP contribution is -2.02. The Labute approximate surface area is 103 Å². The monoisotopic (exact) mass is 338 g/mol. The van der Waals surface area contributed by atoms with Crippen molar-refractivity contribution in [1.82, 2.24) is 4.98 Å². The van der Waals surface area contributed by atoms with Crippen LogP contribution in [-0.4, -0.2) is 4.98 Å². The number of aromatic nitrogens is 1. The second-order valence-electron chi connectivity index (χ2n) is 2.74. The van der Waals surface area contributed by atoms with Crippen molar-refractivity contribution in [1.29, 1.82) is 5.26 Å². The fourth-order valence-electron chi connectivity index (χ4n) is 1.21. The largest absolute Gasteiger partial charge is 0.264 e. The Morgan fingerprint density at radius 2 is 2.20 bits per heavy atom. The first-order valence-electron chi connectivity index (χ1n) is 3.99. The van der Waals surface area contributed by atoms with Crippen molar-refractivity contribution in [3.8, 4) is 6.07 Å². The van der Waals surface area contributed by atoms with Crippen LogP contribution in [-0.2, 0) is 11.8 Å². The van der Waals surface area contributed by atoms with Gasteiger partial charge in [0.15, 0.2) is 0 Å². The van der Waals surface area contributed by atoms with Crippen molar-refractivity contribution < 1.29 is 8.78 Å². The molecule has 0 spiro atoms. The molecular formula is C9H6Br2F2N2. The third-order valence-electron chi connectivity index (χ3n) is 1.88. The molecule has 0 radical (unpaired) electrons. The molecule has 1 rings (SSSR count). The molecule has 2 nitrogen and oxygen atoms in total. The summed E-state index contributed by atoms with van der Waals surface area (Å²) in [6.45, 7) is 0. The lowest BCUT2D eigenvalue weighted by molar-refractivity contribution is 0.149. The van der Waals surface area contributed by atoms with Crippen LogP contribution in [0.3, 0.4) is 0 Å². The first kappa shape index (κ1) is 12.5. The molecule has 80 valence electrons. The van der Waals surface area contributed by atoms with Crippen molar-refractivity contribution in [3.05, 3.63) is 27.5 Å². The molecule has 0 atom stereocenters. The van der Waals surface area contributed by atoms with Crippen LogP contribution in [0.1, 0.15) is 23.1 Å². The smallest absolute Gasteiger partial charge is 0.249 e. The molecular weight excluding hydrogens is 334 g/mol. The minimum Gasteiger partial charge on any atom is -0.249 e.